The van der Waals surface area contributed by atoms with Crippen molar-refractivity contribution in [1.29, 1.82) is 0 Å². The summed E-state index contributed by atoms with van der Waals surface area (Å²) in [5.74, 6) is 0.288. The molecule has 7 nitrogen and oxygen atoms in total. The Morgan fingerprint density at radius 2 is 2.25 bits per heavy atom. The van der Waals surface area contributed by atoms with Crippen LogP contribution >= 0.6 is 0 Å². The molecular formula is C17H24N6O. The predicted molar refractivity (Wildman–Crippen MR) is 89.1 cm³/mol. The summed E-state index contributed by atoms with van der Waals surface area (Å²) in [5.41, 5.74) is 3.49. The highest BCUT2D eigenvalue weighted by Gasteiger charge is 2.30. The standard InChI is InChI=1S/C17H24N6O/c1-13-6-14(20(2)19-13)8-21-9-15-7-18-12-23(15)16(10-21)11-22-5-3-4-17(22)24/h6-7,12,16H,3-5,8-11H2,1-2H3/t16-/m1/s1. The largest absolute Gasteiger partial charge is 0.341 e. The number of aromatic nitrogens is 4. The van der Waals surface area contributed by atoms with Gasteiger partial charge in [0.15, 0.2) is 0 Å². The lowest BCUT2D eigenvalue weighted by atomic mass is 10.1. The van der Waals surface area contributed by atoms with E-state index in [0.717, 1.165) is 44.8 Å². The van der Waals surface area contributed by atoms with E-state index < -0.39 is 0 Å². The molecule has 4 heterocycles. The van der Waals surface area contributed by atoms with E-state index >= 15 is 0 Å². The SMILES string of the molecule is Cc1cc(CN2Cc3cncn3[C@@H](CN3CCCC3=O)C2)n(C)n1. The zero-order valence-corrected chi connectivity index (χ0v) is 14.4. The third-order valence-electron chi connectivity index (χ3n) is 5.08. The molecule has 0 saturated carbocycles. The van der Waals surface area contributed by atoms with Crippen molar-refractivity contribution in [2.75, 3.05) is 19.6 Å². The molecule has 2 aromatic rings. The van der Waals surface area contributed by atoms with Gasteiger partial charge in [0.2, 0.25) is 5.91 Å². The summed E-state index contributed by atoms with van der Waals surface area (Å²) in [7, 11) is 2.00. The molecule has 1 atom stereocenters. The number of carbonyl (C=O) groups is 1. The second-order valence-corrected chi connectivity index (χ2v) is 6.96. The van der Waals surface area contributed by atoms with Crippen molar-refractivity contribution < 1.29 is 4.79 Å². The van der Waals surface area contributed by atoms with Gasteiger partial charge in [-0.3, -0.25) is 14.4 Å². The molecule has 0 unspecified atom stereocenters. The minimum absolute atomic E-state index is 0.271. The van der Waals surface area contributed by atoms with Gasteiger partial charge in [-0.2, -0.15) is 5.10 Å². The molecular weight excluding hydrogens is 304 g/mol. The average Bonchev–Trinajstić information content (AvgIpc) is 3.22. The third-order valence-corrected chi connectivity index (χ3v) is 5.08. The van der Waals surface area contributed by atoms with Gasteiger partial charge < -0.3 is 9.47 Å². The van der Waals surface area contributed by atoms with Gasteiger partial charge in [-0.05, 0) is 19.4 Å². The van der Waals surface area contributed by atoms with Gasteiger partial charge in [0, 0.05) is 52.4 Å². The van der Waals surface area contributed by atoms with Gasteiger partial charge in [-0.25, -0.2) is 4.98 Å². The van der Waals surface area contributed by atoms with E-state index in [9.17, 15) is 4.79 Å². The van der Waals surface area contributed by atoms with Gasteiger partial charge in [-0.1, -0.05) is 0 Å². The van der Waals surface area contributed by atoms with Crippen LogP contribution in [0.2, 0.25) is 0 Å². The Bertz CT molecular complexity index is 748. The van der Waals surface area contributed by atoms with Gasteiger partial charge in [0.05, 0.1) is 29.5 Å². The number of nitrogens with zero attached hydrogens (tertiary/aromatic N) is 6. The summed E-state index contributed by atoms with van der Waals surface area (Å²) in [6.07, 6.45) is 5.54. The molecule has 2 aromatic heterocycles. The first-order valence-electron chi connectivity index (χ1n) is 8.60. The summed E-state index contributed by atoms with van der Waals surface area (Å²) >= 11 is 0. The first kappa shape index (κ1) is 15.4. The molecule has 0 radical (unpaired) electrons. The number of carbonyl (C=O) groups excluding carboxylic acids is 1. The molecule has 0 N–H and O–H groups in total. The van der Waals surface area contributed by atoms with Crippen molar-refractivity contribution in [2.24, 2.45) is 7.05 Å². The smallest absolute Gasteiger partial charge is 0.222 e. The third kappa shape index (κ3) is 2.84. The van der Waals surface area contributed by atoms with Crippen LogP contribution in [0.1, 0.15) is 36.0 Å². The molecule has 1 amide bonds. The van der Waals surface area contributed by atoms with E-state index in [-0.39, 0.29) is 11.9 Å². The minimum Gasteiger partial charge on any atom is -0.341 e. The number of imidazole rings is 1. The Morgan fingerprint density at radius 3 is 2.96 bits per heavy atom. The number of likely N-dealkylation sites (tertiary alicyclic amines) is 1. The fraction of sp³-hybridized carbons (Fsp3) is 0.588. The second kappa shape index (κ2) is 6.05. The zero-order chi connectivity index (χ0) is 16.7. The lowest BCUT2D eigenvalue weighted by Gasteiger charge is -2.36. The van der Waals surface area contributed by atoms with E-state index in [2.05, 4.69) is 25.6 Å². The topological polar surface area (TPSA) is 59.2 Å². The van der Waals surface area contributed by atoms with Crippen LogP contribution in [0.15, 0.2) is 18.6 Å². The normalized spacial score (nSPS) is 21.5. The van der Waals surface area contributed by atoms with Crippen molar-refractivity contribution in [1.82, 2.24) is 29.1 Å². The summed E-state index contributed by atoms with van der Waals surface area (Å²) in [5, 5.41) is 4.44. The fourth-order valence-electron chi connectivity index (χ4n) is 3.92. The summed E-state index contributed by atoms with van der Waals surface area (Å²) in [4.78, 5) is 20.8. The molecule has 0 aromatic carbocycles. The van der Waals surface area contributed by atoms with Crippen LogP contribution in [0.4, 0.5) is 0 Å². The van der Waals surface area contributed by atoms with Crippen LogP contribution in [0.3, 0.4) is 0 Å². The molecule has 2 aliphatic rings. The number of hydrogen-bond donors (Lipinski definition) is 0. The number of hydrogen-bond acceptors (Lipinski definition) is 4. The lowest BCUT2D eigenvalue weighted by Crippen LogP contribution is -2.42. The highest BCUT2D eigenvalue weighted by Crippen LogP contribution is 2.25. The summed E-state index contributed by atoms with van der Waals surface area (Å²) in [6.45, 7) is 6.37. The van der Waals surface area contributed by atoms with E-state index in [1.165, 1.54) is 11.4 Å². The molecule has 24 heavy (non-hydrogen) atoms. The molecule has 0 spiro atoms. The van der Waals surface area contributed by atoms with E-state index in [1.54, 1.807) is 0 Å². The van der Waals surface area contributed by atoms with Crippen molar-refractivity contribution in [3.8, 4) is 0 Å². The Balaban J connectivity index is 1.52. The maximum Gasteiger partial charge on any atom is 0.222 e. The Kier molecular flexibility index (Phi) is 3.88. The van der Waals surface area contributed by atoms with Crippen molar-refractivity contribution in [3.05, 3.63) is 35.7 Å². The first-order valence-corrected chi connectivity index (χ1v) is 8.60. The fourth-order valence-corrected chi connectivity index (χ4v) is 3.92. The molecule has 1 fully saturated rings. The number of fused-ring (bicyclic) bond motifs is 1. The van der Waals surface area contributed by atoms with Gasteiger partial charge >= 0.3 is 0 Å². The molecule has 0 bridgehead atoms. The van der Waals surface area contributed by atoms with Gasteiger partial charge in [0.25, 0.3) is 0 Å². The van der Waals surface area contributed by atoms with Crippen LogP contribution in [0.25, 0.3) is 0 Å². The Labute approximate surface area is 141 Å². The van der Waals surface area contributed by atoms with Crippen LogP contribution in [-0.4, -0.2) is 54.7 Å². The second-order valence-electron chi connectivity index (χ2n) is 6.96. The molecule has 4 rings (SSSR count). The monoisotopic (exact) mass is 328 g/mol. The van der Waals surface area contributed by atoms with Crippen LogP contribution in [-0.2, 0) is 24.9 Å². The quantitative estimate of drug-likeness (QED) is 0.843. The van der Waals surface area contributed by atoms with E-state index in [4.69, 9.17) is 0 Å². The minimum atomic E-state index is 0.271. The van der Waals surface area contributed by atoms with E-state index in [1.807, 2.05) is 36.1 Å². The number of aryl methyl sites for hydroxylation is 2. The number of rotatable bonds is 4. The Hall–Kier alpha value is -2.15. The van der Waals surface area contributed by atoms with Crippen LogP contribution in [0.5, 0.6) is 0 Å². The highest BCUT2D eigenvalue weighted by atomic mass is 16.2. The summed E-state index contributed by atoms with van der Waals surface area (Å²) < 4.78 is 4.21. The number of amides is 1. The van der Waals surface area contributed by atoms with Crippen LogP contribution < -0.4 is 0 Å². The van der Waals surface area contributed by atoms with Gasteiger partial charge in [0.1, 0.15) is 0 Å². The molecule has 2 aliphatic heterocycles. The lowest BCUT2D eigenvalue weighted by molar-refractivity contribution is -0.128. The first-order chi connectivity index (χ1) is 11.6. The van der Waals surface area contributed by atoms with E-state index in [0.29, 0.717) is 6.42 Å². The highest BCUT2D eigenvalue weighted by molar-refractivity contribution is 5.78. The predicted octanol–water partition coefficient (Wildman–Crippen LogP) is 1.10. The van der Waals surface area contributed by atoms with Gasteiger partial charge in [-0.15, -0.1) is 0 Å². The van der Waals surface area contributed by atoms with Crippen molar-refractivity contribution >= 4 is 5.91 Å². The summed E-state index contributed by atoms with van der Waals surface area (Å²) in [6, 6.07) is 2.41. The molecule has 7 heteroatoms. The molecule has 128 valence electrons. The molecule has 1 saturated heterocycles. The van der Waals surface area contributed by atoms with Crippen LogP contribution in [0, 0.1) is 6.92 Å². The Morgan fingerprint density at radius 1 is 1.38 bits per heavy atom. The molecule has 0 aliphatic carbocycles. The van der Waals surface area contributed by atoms with Crippen molar-refractivity contribution in [2.45, 2.75) is 38.9 Å². The maximum atomic E-state index is 12.0. The zero-order valence-electron chi connectivity index (χ0n) is 14.4. The van der Waals surface area contributed by atoms with Crippen molar-refractivity contribution in [3.63, 3.8) is 0 Å². The maximum absolute atomic E-state index is 12.0. The average molecular weight is 328 g/mol.